The van der Waals surface area contributed by atoms with Crippen molar-refractivity contribution in [2.45, 2.75) is 44.9 Å². The second-order valence-electron chi connectivity index (χ2n) is 8.38. The summed E-state index contributed by atoms with van der Waals surface area (Å²) < 4.78 is 8.21. The minimum Gasteiger partial charge on any atom is -0.376 e. The Morgan fingerprint density at radius 3 is 2.63 bits per heavy atom. The topological polar surface area (TPSA) is 111 Å². The summed E-state index contributed by atoms with van der Waals surface area (Å²) in [7, 11) is 0. The van der Waals surface area contributed by atoms with Crippen molar-refractivity contribution in [3.8, 4) is 0 Å². The van der Waals surface area contributed by atoms with Gasteiger partial charge in [-0.05, 0) is 48.4 Å². The maximum Gasteiger partial charge on any atom is 0.332 e. The van der Waals surface area contributed by atoms with Crippen LogP contribution in [0.5, 0.6) is 0 Å². The molecule has 0 radical (unpaired) electrons. The summed E-state index contributed by atoms with van der Waals surface area (Å²) in [5.74, 6) is -0.599. The molecule has 3 aromatic rings. The van der Waals surface area contributed by atoms with Crippen LogP contribution in [0.4, 0.5) is 0 Å². The van der Waals surface area contributed by atoms with Gasteiger partial charge in [0.25, 0.3) is 5.56 Å². The molecule has 1 aliphatic rings. The minimum atomic E-state index is -0.609. The Bertz CT molecular complexity index is 1310. The molecule has 0 spiro atoms. The fraction of sp³-hybridized carbons (Fsp3) is 0.417. The maximum atomic E-state index is 13.1. The molecule has 35 heavy (non-hydrogen) atoms. The lowest BCUT2D eigenvalue weighted by Gasteiger charge is -2.14. The number of nitrogens with zero attached hydrogens (tertiary/aromatic N) is 2. The number of carbonyl (C=O) groups excluding carboxylic acids is 2. The number of rotatable bonds is 10. The molecule has 1 aromatic carbocycles. The Hall–Kier alpha value is -2.95. The highest BCUT2D eigenvalue weighted by atomic mass is 35.5. The first-order valence-electron chi connectivity index (χ1n) is 11.5. The molecule has 2 amide bonds. The first kappa shape index (κ1) is 25.2. The third-order valence-corrected chi connectivity index (χ3v) is 7.04. The molecule has 1 saturated heterocycles. The lowest BCUT2D eigenvalue weighted by molar-refractivity contribution is -0.122. The Morgan fingerprint density at radius 1 is 1.09 bits per heavy atom. The fourth-order valence-corrected chi connectivity index (χ4v) is 4.98. The molecule has 2 aromatic heterocycles. The third-order valence-electron chi connectivity index (χ3n) is 5.90. The van der Waals surface area contributed by atoms with E-state index in [1.165, 1.54) is 15.9 Å². The molecular formula is C24H27ClN4O5S. The number of hydrogen-bond acceptors (Lipinski definition) is 6. The number of amides is 2. The Balaban J connectivity index is 1.39. The number of aromatic nitrogens is 2. The number of nitrogens with one attached hydrogen (secondary N) is 2. The molecule has 1 atom stereocenters. The summed E-state index contributed by atoms with van der Waals surface area (Å²) in [6.45, 7) is 1.21. The standard InChI is InChI=1S/C24H27ClN4O5S/c25-17-5-3-16(4-6-17)7-10-26-20(30)8-11-28-23(32)22-19(9-13-35-22)29(24(28)33)15-21(31)27-14-18-2-1-12-34-18/h3-6,9,13,18H,1-2,7-8,10-12,14-15H2,(H,26,30)(H,27,31)/t18-/m1/s1. The predicted octanol–water partition coefficient (Wildman–Crippen LogP) is 1.92. The first-order valence-corrected chi connectivity index (χ1v) is 12.8. The smallest absolute Gasteiger partial charge is 0.332 e. The van der Waals surface area contributed by atoms with E-state index < -0.39 is 11.2 Å². The van der Waals surface area contributed by atoms with Gasteiger partial charge in [-0.15, -0.1) is 11.3 Å². The molecule has 3 heterocycles. The van der Waals surface area contributed by atoms with Gasteiger partial charge in [0, 0.05) is 37.7 Å². The number of carbonyl (C=O) groups is 2. The van der Waals surface area contributed by atoms with E-state index in [4.69, 9.17) is 16.3 Å². The van der Waals surface area contributed by atoms with Crippen molar-refractivity contribution in [1.82, 2.24) is 19.8 Å². The van der Waals surface area contributed by atoms with E-state index in [2.05, 4.69) is 10.6 Å². The summed E-state index contributed by atoms with van der Waals surface area (Å²) in [4.78, 5) is 50.9. The predicted molar refractivity (Wildman–Crippen MR) is 135 cm³/mol. The van der Waals surface area contributed by atoms with Gasteiger partial charge in [0.05, 0.1) is 11.6 Å². The quantitative estimate of drug-likeness (QED) is 0.426. The molecule has 11 heteroatoms. The number of fused-ring (bicyclic) bond motifs is 1. The molecule has 2 N–H and O–H groups in total. The summed E-state index contributed by atoms with van der Waals surface area (Å²) in [6, 6.07) is 9.02. The third kappa shape index (κ3) is 6.39. The first-order chi connectivity index (χ1) is 16.9. The van der Waals surface area contributed by atoms with Crippen molar-refractivity contribution in [3.05, 3.63) is 67.1 Å². The minimum absolute atomic E-state index is 0.0102. The van der Waals surface area contributed by atoms with Gasteiger partial charge in [-0.1, -0.05) is 23.7 Å². The fourth-order valence-electron chi connectivity index (χ4n) is 4.01. The highest BCUT2D eigenvalue weighted by molar-refractivity contribution is 7.17. The highest BCUT2D eigenvalue weighted by Crippen LogP contribution is 2.15. The molecule has 1 aliphatic heterocycles. The van der Waals surface area contributed by atoms with Crippen LogP contribution >= 0.6 is 22.9 Å². The van der Waals surface area contributed by atoms with E-state index in [1.54, 1.807) is 23.6 Å². The van der Waals surface area contributed by atoms with Gasteiger partial charge >= 0.3 is 5.69 Å². The number of benzene rings is 1. The van der Waals surface area contributed by atoms with Crippen LogP contribution in [0.15, 0.2) is 45.3 Å². The van der Waals surface area contributed by atoms with Crippen LogP contribution in [0.1, 0.15) is 24.8 Å². The Morgan fingerprint density at radius 2 is 1.89 bits per heavy atom. The Labute approximate surface area is 210 Å². The number of halogens is 1. The van der Waals surface area contributed by atoms with E-state index in [0.717, 1.165) is 23.0 Å². The zero-order chi connectivity index (χ0) is 24.8. The van der Waals surface area contributed by atoms with Gasteiger partial charge in [-0.25, -0.2) is 4.79 Å². The monoisotopic (exact) mass is 518 g/mol. The number of ether oxygens (including phenoxy) is 1. The molecule has 9 nitrogen and oxygen atoms in total. The van der Waals surface area contributed by atoms with Crippen molar-refractivity contribution in [2.24, 2.45) is 0 Å². The second kappa shape index (κ2) is 11.7. The Kier molecular flexibility index (Phi) is 8.37. The molecule has 0 bridgehead atoms. The van der Waals surface area contributed by atoms with Gasteiger partial charge in [-0.2, -0.15) is 0 Å². The molecule has 0 aliphatic carbocycles. The molecular weight excluding hydrogens is 492 g/mol. The van der Waals surface area contributed by atoms with E-state index in [9.17, 15) is 19.2 Å². The average Bonchev–Trinajstić information content (AvgIpc) is 3.54. The number of hydrogen-bond donors (Lipinski definition) is 2. The van der Waals surface area contributed by atoms with Crippen LogP contribution in [0.2, 0.25) is 5.02 Å². The van der Waals surface area contributed by atoms with Crippen LogP contribution in [0.3, 0.4) is 0 Å². The molecule has 186 valence electrons. The molecule has 0 saturated carbocycles. The van der Waals surface area contributed by atoms with Crippen LogP contribution in [0.25, 0.3) is 10.2 Å². The van der Waals surface area contributed by atoms with E-state index >= 15 is 0 Å². The average molecular weight is 519 g/mol. The summed E-state index contributed by atoms with van der Waals surface area (Å²) >= 11 is 7.08. The van der Waals surface area contributed by atoms with Crippen LogP contribution < -0.4 is 21.9 Å². The highest BCUT2D eigenvalue weighted by Gasteiger charge is 2.19. The van der Waals surface area contributed by atoms with Crippen LogP contribution in [0, 0.1) is 0 Å². The van der Waals surface area contributed by atoms with Gasteiger partial charge < -0.3 is 15.4 Å². The molecule has 0 unspecified atom stereocenters. The van der Waals surface area contributed by atoms with Crippen LogP contribution in [-0.2, 0) is 33.8 Å². The SMILES string of the molecule is O=C(CCn1c(=O)c2sccc2n(CC(=O)NC[C@H]2CCCO2)c1=O)NCCc1ccc(Cl)cc1. The van der Waals surface area contributed by atoms with Crippen molar-refractivity contribution in [1.29, 1.82) is 0 Å². The van der Waals surface area contributed by atoms with Gasteiger partial charge in [0.15, 0.2) is 0 Å². The summed E-state index contributed by atoms with van der Waals surface area (Å²) in [5, 5.41) is 7.97. The van der Waals surface area contributed by atoms with Gasteiger partial charge in [-0.3, -0.25) is 23.5 Å². The summed E-state index contributed by atoms with van der Waals surface area (Å²) in [6.07, 6.45) is 2.45. The van der Waals surface area contributed by atoms with Crippen molar-refractivity contribution < 1.29 is 14.3 Å². The zero-order valence-electron chi connectivity index (χ0n) is 19.1. The zero-order valence-corrected chi connectivity index (χ0v) is 20.7. The van der Waals surface area contributed by atoms with E-state index in [-0.39, 0.29) is 37.4 Å². The summed E-state index contributed by atoms with van der Waals surface area (Å²) in [5.41, 5.74) is 0.391. The lowest BCUT2D eigenvalue weighted by atomic mass is 10.1. The lowest BCUT2D eigenvalue weighted by Crippen LogP contribution is -2.43. The maximum absolute atomic E-state index is 13.1. The largest absolute Gasteiger partial charge is 0.376 e. The molecule has 1 fully saturated rings. The second-order valence-corrected chi connectivity index (χ2v) is 9.73. The van der Waals surface area contributed by atoms with E-state index in [0.29, 0.717) is 41.4 Å². The van der Waals surface area contributed by atoms with E-state index in [1.807, 2.05) is 12.1 Å². The normalized spacial score (nSPS) is 15.4. The van der Waals surface area contributed by atoms with Crippen LogP contribution in [-0.4, -0.2) is 46.7 Å². The van der Waals surface area contributed by atoms with Crippen molar-refractivity contribution in [3.63, 3.8) is 0 Å². The van der Waals surface area contributed by atoms with Gasteiger partial charge in [0.2, 0.25) is 11.8 Å². The molecule has 4 rings (SSSR count). The van der Waals surface area contributed by atoms with Crippen molar-refractivity contribution >= 4 is 45.0 Å². The van der Waals surface area contributed by atoms with Crippen molar-refractivity contribution in [2.75, 3.05) is 19.7 Å². The number of thiophene rings is 1. The van der Waals surface area contributed by atoms with Gasteiger partial charge in [0.1, 0.15) is 11.2 Å².